The maximum Gasteiger partial charge on any atom is 0.122 e. The van der Waals surface area contributed by atoms with Crippen molar-refractivity contribution in [3.63, 3.8) is 0 Å². The Morgan fingerprint density at radius 3 is 3.05 bits per heavy atom. The van der Waals surface area contributed by atoms with Crippen molar-refractivity contribution < 1.29 is 4.74 Å². The molecule has 0 radical (unpaired) electrons. The molecule has 0 bridgehead atoms. The van der Waals surface area contributed by atoms with Crippen molar-refractivity contribution in [2.24, 2.45) is 0 Å². The lowest BCUT2D eigenvalue weighted by molar-refractivity contribution is 0.288. The van der Waals surface area contributed by atoms with Crippen LogP contribution < -0.4 is 10.1 Å². The van der Waals surface area contributed by atoms with Gasteiger partial charge < -0.3 is 10.1 Å². The molecule has 3 rings (SSSR count). The normalized spacial score (nSPS) is 14.4. The topological polar surface area (TPSA) is 52.0 Å². The molecule has 1 aromatic carbocycles. The Hall–Kier alpha value is -1.40. The summed E-state index contributed by atoms with van der Waals surface area (Å²) < 4.78 is 8.69. The molecule has 1 aromatic heterocycles. The molecule has 1 aliphatic rings. The highest BCUT2D eigenvalue weighted by Crippen LogP contribution is 2.22. The first-order chi connectivity index (χ1) is 10.2. The fraction of sp³-hybridized carbons (Fsp3) is 0.467. The van der Waals surface area contributed by atoms with Crippen molar-refractivity contribution in [2.75, 3.05) is 6.61 Å². The first-order valence-electron chi connectivity index (χ1n) is 7.22. The van der Waals surface area contributed by atoms with E-state index >= 15 is 0 Å². The molecule has 1 heterocycles. The molecule has 0 unspecified atom stereocenters. The predicted octanol–water partition coefficient (Wildman–Crippen LogP) is 2.68. The Morgan fingerprint density at radius 2 is 2.29 bits per heavy atom. The number of aromatic nitrogens is 3. The van der Waals surface area contributed by atoms with Crippen molar-refractivity contribution in [1.29, 1.82) is 0 Å². The van der Waals surface area contributed by atoms with Crippen LogP contribution in [0.3, 0.4) is 0 Å². The Labute approximate surface area is 132 Å². The van der Waals surface area contributed by atoms with Gasteiger partial charge in [-0.3, -0.25) is 0 Å². The summed E-state index contributed by atoms with van der Waals surface area (Å²) in [5, 5.41) is 11.7. The molecular weight excluding hydrogens is 332 g/mol. The van der Waals surface area contributed by atoms with Gasteiger partial charge in [-0.05, 0) is 43.5 Å². The van der Waals surface area contributed by atoms with Crippen molar-refractivity contribution in [3.05, 3.63) is 40.1 Å². The molecule has 2 aromatic rings. The first kappa shape index (κ1) is 14.5. The number of halogens is 1. The first-order valence-corrected chi connectivity index (χ1v) is 8.01. The zero-order chi connectivity index (χ0) is 14.7. The van der Waals surface area contributed by atoms with E-state index in [1.165, 1.54) is 12.8 Å². The lowest BCUT2D eigenvalue weighted by atomic mass is 10.2. The van der Waals surface area contributed by atoms with Crippen LogP contribution in [0.5, 0.6) is 5.75 Å². The van der Waals surface area contributed by atoms with Gasteiger partial charge in [-0.2, -0.15) is 0 Å². The molecule has 21 heavy (non-hydrogen) atoms. The number of ether oxygens (including phenoxy) is 1. The molecular formula is C15H19BrN4O. The summed E-state index contributed by atoms with van der Waals surface area (Å²) in [6.07, 6.45) is 4.55. The fourth-order valence-corrected chi connectivity index (χ4v) is 2.56. The number of hydrogen-bond donors (Lipinski definition) is 1. The summed E-state index contributed by atoms with van der Waals surface area (Å²) in [5.41, 5.74) is 2.11. The van der Waals surface area contributed by atoms with Gasteiger partial charge in [0.25, 0.3) is 0 Å². The average Bonchev–Trinajstić information content (AvgIpc) is 3.18. The third-order valence-corrected chi connectivity index (χ3v) is 3.94. The highest BCUT2D eigenvalue weighted by atomic mass is 79.9. The van der Waals surface area contributed by atoms with Gasteiger partial charge in [0.15, 0.2) is 0 Å². The minimum absolute atomic E-state index is 0.585. The second-order valence-corrected chi connectivity index (χ2v) is 6.30. The van der Waals surface area contributed by atoms with Gasteiger partial charge in [0.1, 0.15) is 12.4 Å². The molecule has 6 heteroatoms. The minimum Gasteiger partial charge on any atom is -0.491 e. The van der Waals surface area contributed by atoms with E-state index in [-0.39, 0.29) is 0 Å². The van der Waals surface area contributed by atoms with Crippen molar-refractivity contribution in [1.82, 2.24) is 20.3 Å². The summed E-state index contributed by atoms with van der Waals surface area (Å²) in [7, 11) is 0. The Balaban J connectivity index is 1.46. The molecule has 1 fully saturated rings. The Bertz CT molecular complexity index is 609. The Morgan fingerprint density at radius 1 is 1.43 bits per heavy atom. The van der Waals surface area contributed by atoms with Gasteiger partial charge in [0, 0.05) is 23.3 Å². The van der Waals surface area contributed by atoms with Crippen LogP contribution in [0.4, 0.5) is 0 Å². The monoisotopic (exact) mass is 350 g/mol. The van der Waals surface area contributed by atoms with Crippen LogP contribution in [0.15, 0.2) is 28.9 Å². The van der Waals surface area contributed by atoms with Crippen molar-refractivity contribution in [2.45, 2.75) is 38.9 Å². The Kier molecular flexibility index (Phi) is 4.55. The maximum absolute atomic E-state index is 5.79. The van der Waals surface area contributed by atoms with E-state index < -0.39 is 0 Å². The van der Waals surface area contributed by atoms with Gasteiger partial charge in [0.2, 0.25) is 0 Å². The van der Waals surface area contributed by atoms with Crippen LogP contribution in [0.25, 0.3) is 0 Å². The van der Waals surface area contributed by atoms with E-state index in [9.17, 15) is 0 Å². The van der Waals surface area contributed by atoms with Crippen LogP contribution in [-0.4, -0.2) is 27.6 Å². The summed E-state index contributed by atoms with van der Waals surface area (Å²) in [6.45, 7) is 4.13. The van der Waals surface area contributed by atoms with Crippen LogP contribution in [0, 0.1) is 6.92 Å². The highest BCUT2D eigenvalue weighted by molar-refractivity contribution is 9.10. The van der Waals surface area contributed by atoms with Gasteiger partial charge in [-0.25, -0.2) is 4.68 Å². The second-order valence-electron chi connectivity index (χ2n) is 5.39. The third kappa shape index (κ3) is 4.28. The molecule has 0 spiro atoms. The van der Waals surface area contributed by atoms with Gasteiger partial charge in [0.05, 0.1) is 12.2 Å². The van der Waals surface area contributed by atoms with Crippen LogP contribution in [-0.2, 0) is 13.1 Å². The molecule has 1 N–H and O–H groups in total. The molecule has 1 aliphatic carbocycles. The minimum atomic E-state index is 0.585. The smallest absolute Gasteiger partial charge is 0.122 e. The zero-order valence-electron chi connectivity index (χ0n) is 12.1. The number of rotatable bonds is 7. The molecule has 112 valence electrons. The molecule has 0 atom stereocenters. The van der Waals surface area contributed by atoms with E-state index in [2.05, 4.69) is 31.6 Å². The zero-order valence-corrected chi connectivity index (χ0v) is 13.6. The molecule has 0 aliphatic heterocycles. The van der Waals surface area contributed by atoms with Crippen molar-refractivity contribution >= 4 is 15.9 Å². The summed E-state index contributed by atoms with van der Waals surface area (Å²) in [4.78, 5) is 0. The van der Waals surface area contributed by atoms with Gasteiger partial charge >= 0.3 is 0 Å². The largest absolute Gasteiger partial charge is 0.491 e. The lowest BCUT2D eigenvalue weighted by Gasteiger charge is -2.09. The number of nitrogens with one attached hydrogen (secondary N) is 1. The van der Waals surface area contributed by atoms with E-state index in [0.29, 0.717) is 19.2 Å². The number of benzene rings is 1. The average molecular weight is 351 g/mol. The van der Waals surface area contributed by atoms with Gasteiger partial charge in [-0.15, -0.1) is 5.10 Å². The summed E-state index contributed by atoms with van der Waals surface area (Å²) in [6, 6.07) is 6.70. The fourth-order valence-electron chi connectivity index (χ4n) is 2.09. The van der Waals surface area contributed by atoms with Crippen LogP contribution >= 0.6 is 15.9 Å². The lowest BCUT2D eigenvalue weighted by Crippen LogP contribution is -2.15. The molecule has 1 saturated carbocycles. The van der Waals surface area contributed by atoms with Gasteiger partial charge in [-0.1, -0.05) is 21.1 Å². The van der Waals surface area contributed by atoms with Crippen molar-refractivity contribution in [3.8, 4) is 5.75 Å². The SMILES string of the molecule is Cc1cc(Br)ccc1OCCn1cc(CNC2CC2)nn1. The molecule has 5 nitrogen and oxygen atoms in total. The van der Waals surface area contributed by atoms with E-state index in [1.807, 2.05) is 36.0 Å². The standard InChI is InChI=1S/C15H19BrN4O/c1-11-8-12(16)2-5-15(11)21-7-6-20-10-14(18-19-20)9-17-13-3-4-13/h2,5,8,10,13,17H,3-4,6-7,9H2,1H3. The molecule has 0 amide bonds. The predicted molar refractivity (Wildman–Crippen MR) is 84.3 cm³/mol. The van der Waals surface area contributed by atoms with E-state index in [4.69, 9.17) is 4.74 Å². The number of nitrogens with zero attached hydrogens (tertiary/aromatic N) is 3. The third-order valence-electron chi connectivity index (χ3n) is 3.45. The summed E-state index contributed by atoms with van der Waals surface area (Å²) >= 11 is 3.45. The summed E-state index contributed by atoms with van der Waals surface area (Å²) in [5.74, 6) is 0.911. The molecule has 0 saturated heterocycles. The van der Waals surface area contributed by atoms with Crippen LogP contribution in [0.1, 0.15) is 24.1 Å². The van der Waals surface area contributed by atoms with E-state index in [0.717, 1.165) is 28.0 Å². The quantitative estimate of drug-likeness (QED) is 0.833. The maximum atomic E-state index is 5.79. The van der Waals surface area contributed by atoms with Crippen LogP contribution in [0.2, 0.25) is 0 Å². The second kappa shape index (κ2) is 6.58. The number of hydrogen-bond acceptors (Lipinski definition) is 4. The number of aryl methyl sites for hydroxylation is 1. The van der Waals surface area contributed by atoms with E-state index in [1.54, 1.807) is 0 Å². The highest BCUT2D eigenvalue weighted by Gasteiger charge is 2.20.